The third-order valence-corrected chi connectivity index (χ3v) is 3.15. The van der Waals surface area contributed by atoms with Gasteiger partial charge in [0, 0.05) is 37.7 Å². The summed E-state index contributed by atoms with van der Waals surface area (Å²) < 4.78 is 6.46. The Labute approximate surface area is 121 Å². The lowest BCUT2D eigenvalue weighted by atomic mass is 10.2. The molecular weight excluding hydrogens is 312 g/mol. The average Bonchev–Trinajstić information content (AvgIpc) is 2.39. The fourth-order valence-electron chi connectivity index (χ4n) is 1.57. The second-order valence-corrected chi connectivity index (χ2v) is 4.93. The first-order chi connectivity index (χ1) is 9.17. The molecule has 6 heteroatoms. The van der Waals surface area contributed by atoms with E-state index in [2.05, 4.69) is 21.2 Å². The van der Waals surface area contributed by atoms with Crippen molar-refractivity contribution < 1.29 is 9.53 Å². The Morgan fingerprint density at radius 2 is 2.21 bits per heavy atom. The monoisotopic (exact) mass is 330 g/mol. The maximum Gasteiger partial charge on any atom is 0.250 e. The molecule has 5 nitrogen and oxygen atoms in total. The van der Waals surface area contributed by atoms with Gasteiger partial charge in [0.2, 0.25) is 5.91 Å². The quantitative estimate of drug-likeness (QED) is 0.585. The molecule has 0 aliphatic rings. The van der Waals surface area contributed by atoms with E-state index in [1.54, 1.807) is 19.4 Å². The molecule has 0 saturated carbocycles. The number of hydrogen-bond acceptors (Lipinski definition) is 3. The molecule has 0 bridgehead atoms. The van der Waals surface area contributed by atoms with Crippen LogP contribution in [0.4, 0.5) is 5.69 Å². The number of carbonyl (C=O) groups is 1. The molecule has 1 amide bonds. The van der Waals surface area contributed by atoms with Gasteiger partial charge in [-0.15, -0.1) is 0 Å². The minimum absolute atomic E-state index is 0.0297. The zero-order chi connectivity index (χ0) is 14.1. The molecule has 1 heterocycles. The van der Waals surface area contributed by atoms with E-state index in [4.69, 9.17) is 4.74 Å². The van der Waals surface area contributed by atoms with Crippen LogP contribution in [-0.2, 0) is 16.1 Å². The van der Waals surface area contributed by atoms with Crippen LogP contribution < -0.4 is 10.9 Å². The topological polar surface area (TPSA) is 60.3 Å². The van der Waals surface area contributed by atoms with Crippen LogP contribution in [0.15, 0.2) is 23.1 Å². The van der Waals surface area contributed by atoms with Crippen LogP contribution in [0.2, 0.25) is 0 Å². The molecule has 0 unspecified atom stereocenters. The van der Waals surface area contributed by atoms with E-state index in [1.165, 1.54) is 10.6 Å². The SMILES string of the molecule is COCCn1cc(NC(=O)CCCCBr)ccc1=O. The molecule has 0 atom stereocenters. The number of halogens is 1. The zero-order valence-corrected chi connectivity index (χ0v) is 12.6. The zero-order valence-electron chi connectivity index (χ0n) is 11.0. The number of carbonyl (C=O) groups excluding carboxylic acids is 1. The number of methoxy groups -OCH3 is 1. The van der Waals surface area contributed by atoms with Gasteiger partial charge in [0.15, 0.2) is 0 Å². The van der Waals surface area contributed by atoms with Crippen molar-refractivity contribution in [2.75, 3.05) is 24.4 Å². The number of hydrogen-bond donors (Lipinski definition) is 1. The van der Waals surface area contributed by atoms with Crippen molar-refractivity contribution in [2.24, 2.45) is 0 Å². The third-order valence-electron chi connectivity index (χ3n) is 2.59. The van der Waals surface area contributed by atoms with Crippen molar-refractivity contribution in [2.45, 2.75) is 25.8 Å². The standard InChI is InChI=1S/C13H19BrN2O3/c1-19-9-8-16-10-11(5-6-13(16)18)15-12(17)4-2-3-7-14/h5-6,10H,2-4,7-9H2,1H3,(H,15,17). The predicted molar refractivity (Wildman–Crippen MR) is 78.9 cm³/mol. The van der Waals surface area contributed by atoms with Crippen molar-refractivity contribution >= 4 is 27.5 Å². The number of ether oxygens (including phenoxy) is 1. The number of unbranched alkanes of at least 4 members (excludes halogenated alkanes) is 1. The Bertz CT molecular complexity index is 459. The lowest BCUT2D eigenvalue weighted by molar-refractivity contribution is -0.116. The third kappa shape index (κ3) is 6.02. The summed E-state index contributed by atoms with van der Waals surface area (Å²) in [5.74, 6) is -0.0297. The largest absolute Gasteiger partial charge is 0.383 e. The molecule has 0 aliphatic carbocycles. The number of amides is 1. The lowest BCUT2D eigenvalue weighted by Gasteiger charge is -2.09. The molecular formula is C13H19BrN2O3. The van der Waals surface area contributed by atoms with Crippen molar-refractivity contribution in [3.63, 3.8) is 0 Å². The molecule has 0 aliphatic heterocycles. The molecule has 0 spiro atoms. The van der Waals surface area contributed by atoms with Gasteiger partial charge in [-0.05, 0) is 18.9 Å². The highest BCUT2D eigenvalue weighted by atomic mass is 79.9. The molecule has 106 valence electrons. The van der Waals surface area contributed by atoms with E-state index in [9.17, 15) is 9.59 Å². The van der Waals surface area contributed by atoms with E-state index < -0.39 is 0 Å². The summed E-state index contributed by atoms with van der Waals surface area (Å²) in [5, 5.41) is 3.70. The molecule has 1 N–H and O–H groups in total. The van der Waals surface area contributed by atoms with Gasteiger partial charge >= 0.3 is 0 Å². The van der Waals surface area contributed by atoms with Gasteiger partial charge in [-0.3, -0.25) is 9.59 Å². The van der Waals surface area contributed by atoms with Gasteiger partial charge < -0.3 is 14.6 Å². The summed E-state index contributed by atoms with van der Waals surface area (Å²) >= 11 is 3.33. The number of nitrogens with one attached hydrogen (secondary N) is 1. The van der Waals surface area contributed by atoms with Crippen LogP contribution in [-0.4, -0.2) is 29.5 Å². The molecule has 0 aromatic carbocycles. The molecule has 0 fully saturated rings. The molecule has 0 saturated heterocycles. The Morgan fingerprint density at radius 3 is 2.89 bits per heavy atom. The van der Waals surface area contributed by atoms with Gasteiger partial charge in [0.25, 0.3) is 5.56 Å². The maximum atomic E-state index is 11.7. The Kier molecular flexibility index (Phi) is 7.43. The summed E-state index contributed by atoms with van der Waals surface area (Å²) in [6.45, 7) is 0.936. The second kappa shape index (κ2) is 8.87. The Morgan fingerprint density at radius 1 is 1.42 bits per heavy atom. The maximum absolute atomic E-state index is 11.7. The van der Waals surface area contributed by atoms with Crippen LogP contribution >= 0.6 is 15.9 Å². The average molecular weight is 331 g/mol. The van der Waals surface area contributed by atoms with E-state index in [0.29, 0.717) is 25.3 Å². The van der Waals surface area contributed by atoms with Crippen molar-refractivity contribution in [1.29, 1.82) is 0 Å². The highest BCUT2D eigenvalue weighted by Gasteiger charge is 2.04. The van der Waals surface area contributed by atoms with Crippen molar-refractivity contribution in [3.8, 4) is 0 Å². The fourth-order valence-corrected chi connectivity index (χ4v) is 1.97. The van der Waals surface area contributed by atoms with Crippen molar-refractivity contribution in [3.05, 3.63) is 28.7 Å². The summed E-state index contributed by atoms with van der Waals surface area (Å²) in [7, 11) is 1.58. The lowest BCUT2D eigenvalue weighted by Crippen LogP contribution is -2.22. The predicted octanol–water partition coefficient (Wildman–Crippen LogP) is 2.00. The number of alkyl halides is 1. The van der Waals surface area contributed by atoms with Crippen LogP contribution in [0, 0.1) is 0 Å². The summed E-state index contributed by atoms with van der Waals surface area (Å²) in [4.78, 5) is 23.2. The normalized spacial score (nSPS) is 10.4. The minimum Gasteiger partial charge on any atom is -0.383 e. The fraction of sp³-hybridized carbons (Fsp3) is 0.538. The number of nitrogens with zero attached hydrogens (tertiary/aromatic N) is 1. The highest BCUT2D eigenvalue weighted by molar-refractivity contribution is 9.09. The van der Waals surface area contributed by atoms with Gasteiger partial charge in [-0.25, -0.2) is 0 Å². The van der Waals surface area contributed by atoms with Crippen molar-refractivity contribution in [1.82, 2.24) is 4.57 Å². The Balaban J connectivity index is 2.58. The minimum atomic E-state index is -0.102. The second-order valence-electron chi connectivity index (χ2n) is 4.14. The highest BCUT2D eigenvalue weighted by Crippen LogP contribution is 2.06. The smallest absolute Gasteiger partial charge is 0.250 e. The van der Waals surface area contributed by atoms with Crippen LogP contribution in [0.25, 0.3) is 0 Å². The van der Waals surface area contributed by atoms with Gasteiger partial charge in [0.1, 0.15) is 0 Å². The van der Waals surface area contributed by atoms with E-state index in [-0.39, 0.29) is 11.5 Å². The number of aromatic nitrogens is 1. The first kappa shape index (κ1) is 15.9. The number of pyridine rings is 1. The molecule has 1 aromatic heterocycles. The first-order valence-corrected chi connectivity index (χ1v) is 7.34. The van der Waals surface area contributed by atoms with E-state index in [1.807, 2.05) is 0 Å². The van der Waals surface area contributed by atoms with E-state index in [0.717, 1.165) is 18.2 Å². The van der Waals surface area contributed by atoms with Crippen LogP contribution in [0.1, 0.15) is 19.3 Å². The molecule has 1 rings (SSSR count). The summed E-state index contributed by atoms with van der Waals surface area (Å²) in [5.41, 5.74) is 0.536. The molecule has 1 aromatic rings. The first-order valence-electron chi connectivity index (χ1n) is 6.22. The van der Waals surface area contributed by atoms with Gasteiger partial charge in [-0.1, -0.05) is 15.9 Å². The van der Waals surface area contributed by atoms with E-state index >= 15 is 0 Å². The Hall–Kier alpha value is -1.14. The summed E-state index contributed by atoms with van der Waals surface area (Å²) in [6, 6.07) is 3.07. The number of rotatable bonds is 8. The number of anilines is 1. The van der Waals surface area contributed by atoms with Gasteiger partial charge in [0.05, 0.1) is 12.3 Å². The molecule has 19 heavy (non-hydrogen) atoms. The van der Waals surface area contributed by atoms with Crippen LogP contribution in [0.5, 0.6) is 0 Å². The van der Waals surface area contributed by atoms with Gasteiger partial charge in [-0.2, -0.15) is 0 Å². The van der Waals surface area contributed by atoms with Crippen LogP contribution in [0.3, 0.4) is 0 Å². The molecule has 0 radical (unpaired) electrons. The summed E-state index contributed by atoms with van der Waals surface area (Å²) in [6.07, 6.45) is 3.95.